The molecule has 35 heavy (non-hydrogen) atoms. The van der Waals surface area contributed by atoms with Crippen molar-refractivity contribution in [3.63, 3.8) is 0 Å². The number of nitrogens with zero attached hydrogens (tertiary/aromatic N) is 6. The maximum atomic E-state index is 13.2. The normalized spacial score (nSPS) is 11.9. The minimum atomic E-state index is -4.46. The smallest absolute Gasteiger partial charge is 0.276 e. The number of rotatable bonds is 6. The minimum absolute atomic E-state index is 0.00646. The molecule has 3 heterocycles. The van der Waals surface area contributed by atoms with Gasteiger partial charge in [0.05, 0.1) is 23.9 Å². The highest BCUT2D eigenvalue weighted by Crippen LogP contribution is 2.30. The van der Waals surface area contributed by atoms with Crippen molar-refractivity contribution < 1.29 is 18.0 Å². The summed E-state index contributed by atoms with van der Waals surface area (Å²) < 4.78 is 44.1. The summed E-state index contributed by atoms with van der Waals surface area (Å²) in [5.41, 5.74) is -1.04. The number of alkyl halides is 3. The van der Waals surface area contributed by atoms with Crippen molar-refractivity contribution in [2.75, 3.05) is 0 Å². The first kappa shape index (κ1) is 24.2. The lowest BCUT2D eigenvalue weighted by molar-refractivity contribution is -0.137. The maximum Gasteiger partial charge on any atom is 0.416 e. The number of hydrogen-bond acceptors (Lipinski definition) is 5. The molecule has 0 bridgehead atoms. The molecule has 9 nitrogen and oxygen atoms in total. The molecule has 0 unspecified atom stereocenters. The van der Waals surface area contributed by atoms with E-state index in [0.717, 1.165) is 21.3 Å². The van der Waals surface area contributed by atoms with Crippen LogP contribution in [0.15, 0.2) is 46.2 Å². The van der Waals surface area contributed by atoms with E-state index in [2.05, 4.69) is 10.1 Å². The van der Waals surface area contributed by atoms with Gasteiger partial charge in [-0.25, -0.2) is 9.78 Å². The highest BCUT2D eigenvalue weighted by atomic mass is 19.4. The number of aromatic nitrogens is 6. The van der Waals surface area contributed by atoms with Gasteiger partial charge >= 0.3 is 11.9 Å². The predicted molar refractivity (Wildman–Crippen MR) is 122 cm³/mol. The van der Waals surface area contributed by atoms with Gasteiger partial charge in [-0.3, -0.25) is 28.0 Å². The van der Waals surface area contributed by atoms with Crippen LogP contribution >= 0.6 is 0 Å². The Morgan fingerprint density at radius 3 is 2.49 bits per heavy atom. The molecule has 12 heteroatoms. The molecule has 4 rings (SSSR count). The van der Waals surface area contributed by atoms with E-state index in [1.807, 2.05) is 6.92 Å². The van der Waals surface area contributed by atoms with Gasteiger partial charge < -0.3 is 0 Å². The standard InChI is InChI=1S/C23H23F3N6O3/c1-4-9-31-21(34)18-20(30(5-2)22(31)35)28-19(32(18)14(3)33)16-11-27-29(13-16)12-15-7-6-8-17(10-15)23(24,25)26/h6-8,10-11,13H,4-5,9,12H2,1-3H3. The topological polar surface area (TPSA) is 96.7 Å². The Morgan fingerprint density at radius 2 is 1.86 bits per heavy atom. The molecule has 0 aliphatic carbocycles. The van der Waals surface area contributed by atoms with Crippen LogP contribution < -0.4 is 11.2 Å². The highest BCUT2D eigenvalue weighted by Gasteiger charge is 2.30. The maximum absolute atomic E-state index is 13.2. The molecule has 0 N–H and O–H groups in total. The molecule has 0 amide bonds. The van der Waals surface area contributed by atoms with Crippen molar-refractivity contribution >= 4 is 17.1 Å². The molecule has 0 fully saturated rings. The van der Waals surface area contributed by atoms with Gasteiger partial charge in [-0.15, -0.1) is 0 Å². The second-order valence-corrected chi connectivity index (χ2v) is 8.07. The van der Waals surface area contributed by atoms with Crippen LogP contribution in [0.1, 0.15) is 43.1 Å². The van der Waals surface area contributed by atoms with Crippen LogP contribution in [0.25, 0.3) is 22.6 Å². The number of carbonyl (C=O) groups excluding carboxylic acids is 1. The van der Waals surface area contributed by atoms with E-state index in [1.54, 1.807) is 13.0 Å². The molecule has 0 aliphatic heterocycles. The number of imidazole rings is 1. The van der Waals surface area contributed by atoms with Gasteiger partial charge in [0, 0.05) is 26.2 Å². The summed E-state index contributed by atoms with van der Waals surface area (Å²) in [5.74, 6) is -0.356. The summed E-state index contributed by atoms with van der Waals surface area (Å²) in [6.07, 6.45) is -0.974. The van der Waals surface area contributed by atoms with Crippen LogP contribution in [0, 0.1) is 0 Å². The number of fused-ring (bicyclic) bond motifs is 1. The molecule has 1 aromatic carbocycles. The van der Waals surface area contributed by atoms with Gasteiger partial charge in [0.25, 0.3) is 5.56 Å². The lowest BCUT2D eigenvalue weighted by Crippen LogP contribution is -2.40. The Hall–Kier alpha value is -3.96. The van der Waals surface area contributed by atoms with Crippen molar-refractivity contribution in [2.24, 2.45) is 0 Å². The second kappa shape index (κ2) is 9.01. The third-order valence-corrected chi connectivity index (χ3v) is 5.59. The van der Waals surface area contributed by atoms with Crippen LogP contribution in [0.2, 0.25) is 0 Å². The van der Waals surface area contributed by atoms with Crippen molar-refractivity contribution in [1.29, 1.82) is 0 Å². The first-order valence-electron chi connectivity index (χ1n) is 11.0. The first-order chi connectivity index (χ1) is 16.6. The molecule has 0 saturated carbocycles. The Kier molecular flexibility index (Phi) is 6.22. The average molecular weight is 488 g/mol. The van der Waals surface area contributed by atoms with E-state index in [9.17, 15) is 27.6 Å². The van der Waals surface area contributed by atoms with Crippen LogP contribution in [0.4, 0.5) is 13.2 Å². The summed E-state index contributed by atoms with van der Waals surface area (Å²) in [5, 5.41) is 4.20. The summed E-state index contributed by atoms with van der Waals surface area (Å²) >= 11 is 0. The van der Waals surface area contributed by atoms with E-state index < -0.39 is 28.9 Å². The van der Waals surface area contributed by atoms with Crippen molar-refractivity contribution in [1.82, 2.24) is 28.5 Å². The van der Waals surface area contributed by atoms with Gasteiger partial charge in [0.15, 0.2) is 17.0 Å². The third-order valence-electron chi connectivity index (χ3n) is 5.59. The quantitative estimate of drug-likeness (QED) is 0.415. The van der Waals surface area contributed by atoms with Gasteiger partial charge in [0.1, 0.15) is 0 Å². The van der Waals surface area contributed by atoms with E-state index >= 15 is 0 Å². The zero-order chi connectivity index (χ0) is 25.5. The lowest BCUT2D eigenvalue weighted by Gasteiger charge is -2.09. The second-order valence-electron chi connectivity index (χ2n) is 8.07. The largest absolute Gasteiger partial charge is 0.416 e. The van der Waals surface area contributed by atoms with Gasteiger partial charge in [-0.1, -0.05) is 19.1 Å². The Balaban J connectivity index is 1.84. The summed E-state index contributed by atoms with van der Waals surface area (Å²) in [7, 11) is 0. The van der Waals surface area contributed by atoms with Gasteiger partial charge in [0.2, 0.25) is 5.91 Å². The van der Waals surface area contributed by atoms with Crippen molar-refractivity contribution in [3.05, 3.63) is 68.6 Å². The molecule has 0 aliphatic rings. The molecule has 0 spiro atoms. The minimum Gasteiger partial charge on any atom is -0.276 e. The summed E-state index contributed by atoms with van der Waals surface area (Å²) in [4.78, 5) is 43.1. The van der Waals surface area contributed by atoms with E-state index in [1.165, 1.54) is 34.6 Å². The number of aryl methyl sites for hydroxylation is 1. The van der Waals surface area contributed by atoms with E-state index in [4.69, 9.17) is 0 Å². The molecule has 0 radical (unpaired) electrons. The van der Waals surface area contributed by atoms with Crippen LogP contribution in [-0.4, -0.2) is 34.4 Å². The third kappa shape index (κ3) is 4.31. The zero-order valence-corrected chi connectivity index (χ0v) is 19.3. The fourth-order valence-electron chi connectivity index (χ4n) is 4.04. The van der Waals surface area contributed by atoms with Gasteiger partial charge in [-0.05, 0) is 31.0 Å². The summed E-state index contributed by atoms with van der Waals surface area (Å²) in [6, 6.07) is 4.91. The lowest BCUT2D eigenvalue weighted by atomic mass is 10.1. The Bertz CT molecular complexity index is 1540. The molecule has 4 aromatic rings. The molecular weight excluding hydrogens is 465 g/mol. The fraction of sp³-hybridized carbons (Fsp3) is 0.348. The molecule has 184 valence electrons. The average Bonchev–Trinajstić information content (AvgIpc) is 3.41. The highest BCUT2D eigenvalue weighted by molar-refractivity contribution is 5.92. The van der Waals surface area contributed by atoms with E-state index in [-0.39, 0.29) is 36.6 Å². The molecular formula is C23H23F3N6O3. The predicted octanol–water partition coefficient (Wildman–Crippen LogP) is 3.38. The van der Waals surface area contributed by atoms with Crippen molar-refractivity contribution in [3.8, 4) is 11.4 Å². The number of halogens is 3. The Labute approximate surface area is 197 Å². The van der Waals surface area contributed by atoms with Crippen LogP contribution in [0.3, 0.4) is 0 Å². The van der Waals surface area contributed by atoms with Crippen molar-refractivity contribution in [2.45, 2.75) is 53.0 Å². The molecule has 0 atom stereocenters. The van der Waals surface area contributed by atoms with E-state index in [0.29, 0.717) is 17.5 Å². The van der Waals surface area contributed by atoms with Gasteiger partial charge in [-0.2, -0.15) is 18.3 Å². The molecule has 3 aromatic heterocycles. The number of carbonyl (C=O) groups is 1. The molecule has 0 saturated heterocycles. The SMILES string of the molecule is CCCn1c(=O)c2c(nc(-c3cnn(Cc4cccc(C(F)(F)F)c4)c3)n2C(C)=O)n(CC)c1=O. The Morgan fingerprint density at radius 1 is 1.11 bits per heavy atom. The number of hydrogen-bond donors (Lipinski definition) is 0. The fourth-order valence-corrected chi connectivity index (χ4v) is 4.04. The first-order valence-corrected chi connectivity index (χ1v) is 11.0. The van der Waals surface area contributed by atoms with Crippen LogP contribution in [-0.2, 0) is 25.8 Å². The van der Waals surface area contributed by atoms with Crippen LogP contribution in [0.5, 0.6) is 0 Å². The number of benzene rings is 1. The zero-order valence-electron chi connectivity index (χ0n) is 19.3. The summed E-state index contributed by atoms with van der Waals surface area (Å²) in [6.45, 7) is 5.33. The monoisotopic (exact) mass is 488 g/mol.